The van der Waals surface area contributed by atoms with E-state index in [-0.39, 0.29) is 19.1 Å². The van der Waals surface area contributed by atoms with Gasteiger partial charge in [0.25, 0.3) is 5.91 Å². The van der Waals surface area contributed by atoms with E-state index >= 15 is 0 Å². The van der Waals surface area contributed by atoms with E-state index in [1.54, 1.807) is 18.2 Å². The summed E-state index contributed by atoms with van der Waals surface area (Å²) in [4.78, 5) is 12.0. The Hall–Kier alpha value is -1.00. The predicted octanol–water partition coefficient (Wildman–Crippen LogP) is 0.697. The van der Waals surface area contributed by atoms with Gasteiger partial charge in [-0.05, 0) is 12.1 Å². The van der Waals surface area contributed by atoms with Crippen molar-refractivity contribution in [1.29, 1.82) is 0 Å². The molecule has 0 heterocycles. The van der Waals surface area contributed by atoms with Crippen LogP contribution in [0.3, 0.4) is 0 Å². The van der Waals surface area contributed by atoms with Gasteiger partial charge >= 0.3 is 0 Å². The summed E-state index contributed by atoms with van der Waals surface area (Å²) >= 11 is 4.14. The minimum absolute atomic E-state index is 0.0551. The van der Waals surface area contributed by atoms with Crippen LogP contribution in [0.2, 0.25) is 0 Å². The van der Waals surface area contributed by atoms with Gasteiger partial charge in [0.15, 0.2) is 0 Å². The maximum Gasteiger partial charge on any atom is 0.252 e. The summed E-state index contributed by atoms with van der Waals surface area (Å²) in [6.45, 7) is 0.210. The van der Waals surface area contributed by atoms with E-state index < -0.39 is 0 Å². The van der Waals surface area contributed by atoms with Gasteiger partial charge in [-0.25, -0.2) is 0 Å². The second-order valence-electron chi connectivity index (χ2n) is 2.50. The number of carbonyl (C=O) groups excluding carboxylic acids is 1. The average molecular weight is 197 g/mol. The summed E-state index contributed by atoms with van der Waals surface area (Å²) in [6.07, 6.45) is 0. The third-order valence-corrected chi connectivity index (χ3v) is 1.94. The lowest BCUT2D eigenvalue weighted by molar-refractivity contribution is 0.0942. The number of amides is 1. The number of thiol groups is 1. The standard InChI is InChI=1S/C9H11NO2S/c11-6-5-10-9(12)7-3-1-2-4-8(7)13/h1-4,11,13H,5-6H2,(H,10,12). The van der Waals surface area contributed by atoms with Gasteiger partial charge in [0, 0.05) is 11.4 Å². The second kappa shape index (κ2) is 4.89. The number of nitrogens with one attached hydrogen (secondary N) is 1. The van der Waals surface area contributed by atoms with Gasteiger partial charge in [-0.2, -0.15) is 0 Å². The Morgan fingerprint density at radius 3 is 2.77 bits per heavy atom. The zero-order valence-electron chi connectivity index (χ0n) is 7.03. The molecule has 1 amide bonds. The molecule has 0 radical (unpaired) electrons. The summed E-state index contributed by atoms with van der Waals surface area (Å²) in [5.41, 5.74) is 0.527. The van der Waals surface area contributed by atoms with Gasteiger partial charge in [0.2, 0.25) is 0 Å². The molecule has 0 unspecified atom stereocenters. The van der Waals surface area contributed by atoms with E-state index in [1.165, 1.54) is 0 Å². The lowest BCUT2D eigenvalue weighted by atomic mass is 10.2. The summed E-state index contributed by atoms with van der Waals surface area (Å²) in [5.74, 6) is -0.209. The van der Waals surface area contributed by atoms with Crippen molar-refractivity contribution in [1.82, 2.24) is 5.32 Å². The monoisotopic (exact) mass is 197 g/mol. The molecule has 0 aliphatic rings. The van der Waals surface area contributed by atoms with Crippen LogP contribution in [0.1, 0.15) is 10.4 Å². The van der Waals surface area contributed by atoms with Gasteiger partial charge in [0.05, 0.1) is 12.2 Å². The highest BCUT2D eigenvalue weighted by atomic mass is 32.1. The third kappa shape index (κ3) is 2.75. The molecule has 0 aromatic heterocycles. The van der Waals surface area contributed by atoms with E-state index in [9.17, 15) is 4.79 Å². The highest BCUT2D eigenvalue weighted by Crippen LogP contribution is 2.11. The summed E-state index contributed by atoms with van der Waals surface area (Å²) in [6, 6.07) is 7.02. The molecule has 0 fully saturated rings. The Kier molecular flexibility index (Phi) is 3.79. The van der Waals surface area contributed by atoms with Crippen LogP contribution in [0.25, 0.3) is 0 Å². The first kappa shape index (κ1) is 10.1. The Morgan fingerprint density at radius 1 is 1.46 bits per heavy atom. The zero-order chi connectivity index (χ0) is 9.68. The van der Waals surface area contributed by atoms with Crippen molar-refractivity contribution < 1.29 is 9.90 Å². The molecule has 1 rings (SSSR count). The smallest absolute Gasteiger partial charge is 0.252 e. The highest BCUT2D eigenvalue weighted by molar-refractivity contribution is 7.80. The topological polar surface area (TPSA) is 49.3 Å². The third-order valence-electron chi connectivity index (χ3n) is 1.55. The van der Waals surface area contributed by atoms with Crippen LogP contribution >= 0.6 is 12.6 Å². The number of hydrogen-bond acceptors (Lipinski definition) is 3. The number of hydrogen-bond donors (Lipinski definition) is 3. The molecule has 70 valence electrons. The van der Waals surface area contributed by atoms with Gasteiger partial charge in [-0.3, -0.25) is 4.79 Å². The fraction of sp³-hybridized carbons (Fsp3) is 0.222. The van der Waals surface area contributed by atoms with Crippen LogP contribution in [0, 0.1) is 0 Å². The fourth-order valence-corrected chi connectivity index (χ4v) is 1.19. The van der Waals surface area contributed by atoms with Crippen LogP contribution in [0.5, 0.6) is 0 Å². The van der Waals surface area contributed by atoms with Crippen LogP contribution in [0.15, 0.2) is 29.2 Å². The lowest BCUT2D eigenvalue weighted by Crippen LogP contribution is -2.26. The minimum Gasteiger partial charge on any atom is -0.395 e. The van der Waals surface area contributed by atoms with Crippen LogP contribution in [-0.2, 0) is 0 Å². The Morgan fingerprint density at radius 2 is 2.15 bits per heavy atom. The summed E-state index contributed by atoms with van der Waals surface area (Å²) < 4.78 is 0. The Bertz CT molecular complexity index is 301. The average Bonchev–Trinajstić information content (AvgIpc) is 2.15. The number of aliphatic hydroxyl groups excluding tert-OH is 1. The minimum atomic E-state index is -0.209. The van der Waals surface area contributed by atoms with E-state index in [4.69, 9.17) is 5.11 Å². The van der Waals surface area contributed by atoms with Crippen molar-refractivity contribution in [3.63, 3.8) is 0 Å². The quantitative estimate of drug-likeness (QED) is 0.625. The molecule has 0 aliphatic carbocycles. The molecular formula is C9H11NO2S. The first-order chi connectivity index (χ1) is 6.25. The summed E-state index contributed by atoms with van der Waals surface area (Å²) in [5, 5.41) is 11.0. The highest BCUT2D eigenvalue weighted by Gasteiger charge is 2.06. The molecule has 1 aromatic rings. The number of benzene rings is 1. The maximum atomic E-state index is 11.4. The van der Waals surface area contributed by atoms with Crippen LogP contribution < -0.4 is 5.32 Å². The van der Waals surface area contributed by atoms with Gasteiger partial charge in [-0.15, -0.1) is 12.6 Å². The molecule has 4 heteroatoms. The molecule has 2 N–H and O–H groups in total. The Balaban J connectivity index is 2.71. The molecule has 0 saturated carbocycles. The van der Waals surface area contributed by atoms with E-state index in [0.29, 0.717) is 10.5 Å². The molecule has 1 aromatic carbocycles. The van der Waals surface area contributed by atoms with Crippen molar-refractivity contribution in [2.24, 2.45) is 0 Å². The molecule has 0 saturated heterocycles. The molecule has 0 aliphatic heterocycles. The van der Waals surface area contributed by atoms with Crippen LogP contribution in [-0.4, -0.2) is 24.2 Å². The van der Waals surface area contributed by atoms with Crippen molar-refractivity contribution in [3.8, 4) is 0 Å². The molecule has 0 bridgehead atoms. The molecule has 0 atom stereocenters. The first-order valence-electron chi connectivity index (χ1n) is 3.92. The molecule has 3 nitrogen and oxygen atoms in total. The number of carbonyl (C=O) groups is 1. The molecular weight excluding hydrogens is 186 g/mol. The SMILES string of the molecule is O=C(NCCO)c1ccccc1S. The molecule has 0 spiro atoms. The lowest BCUT2D eigenvalue weighted by Gasteiger charge is -2.04. The van der Waals surface area contributed by atoms with Crippen molar-refractivity contribution in [3.05, 3.63) is 29.8 Å². The van der Waals surface area contributed by atoms with E-state index in [2.05, 4.69) is 17.9 Å². The normalized spacial score (nSPS) is 9.69. The predicted molar refractivity (Wildman–Crippen MR) is 53.1 cm³/mol. The second-order valence-corrected chi connectivity index (χ2v) is 2.98. The van der Waals surface area contributed by atoms with Crippen LogP contribution in [0.4, 0.5) is 0 Å². The van der Waals surface area contributed by atoms with Gasteiger partial charge < -0.3 is 10.4 Å². The zero-order valence-corrected chi connectivity index (χ0v) is 7.92. The summed E-state index contributed by atoms with van der Waals surface area (Å²) in [7, 11) is 0. The maximum absolute atomic E-state index is 11.4. The van der Waals surface area contributed by atoms with Gasteiger partial charge in [-0.1, -0.05) is 12.1 Å². The van der Waals surface area contributed by atoms with Crippen molar-refractivity contribution in [2.75, 3.05) is 13.2 Å². The number of rotatable bonds is 3. The first-order valence-corrected chi connectivity index (χ1v) is 4.37. The van der Waals surface area contributed by atoms with Crippen molar-refractivity contribution in [2.45, 2.75) is 4.90 Å². The van der Waals surface area contributed by atoms with Crippen molar-refractivity contribution >= 4 is 18.5 Å². The number of aliphatic hydroxyl groups is 1. The largest absolute Gasteiger partial charge is 0.395 e. The van der Waals surface area contributed by atoms with E-state index in [1.807, 2.05) is 6.07 Å². The van der Waals surface area contributed by atoms with E-state index in [0.717, 1.165) is 0 Å². The fourth-order valence-electron chi connectivity index (χ4n) is 0.930. The Labute approximate surface area is 82.2 Å². The van der Waals surface area contributed by atoms with Gasteiger partial charge in [0.1, 0.15) is 0 Å². The molecule has 13 heavy (non-hydrogen) atoms.